The highest BCUT2D eigenvalue weighted by Gasteiger charge is 2.26. The number of nitrogens with one attached hydrogen (secondary N) is 1. The average molecular weight is 326 g/mol. The molecule has 0 amide bonds. The first-order valence-corrected chi connectivity index (χ1v) is 8.46. The molecule has 0 unspecified atom stereocenters. The molecule has 5 nitrogen and oxygen atoms in total. The van der Waals surface area contributed by atoms with E-state index in [2.05, 4.69) is 43.0 Å². The fourth-order valence-corrected chi connectivity index (χ4v) is 3.53. The van der Waals surface area contributed by atoms with Crippen molar-refractivity contribution < 1.29 is 9.82 Å². The molecule has 0 spiro atoms. The van der Waals surface area contributed by atoms with Gasteiger partial charge in [0, 0.05) is 23.4 Å². The third-order valence-electron chi connectivity index (χ3n) is 5.06. The van der Waals surface area contributed by atoms with E-state index in [1.54, 1.807) is 18.2 Å². The fraction of sp³-hybridized carbons (Fsp3) is 0.368. The maximum absolute atomic E-state index is 11.0. The highest BCUT2D eigenvalue weighted by molar-refractivity contribution is 5.53. The molecule has 2 aromatic carbocycles. The normalized spacial score (nSPS) is 16.8. The molecule has 24 heavy (non-hydrogen) atoms. The smallest absolute Gasteiger partial charge is 0.269 e. The molecule has 0 aromatic heterocycles. The topological polar surface area (TPSA) is 50.8 Å². The first kappa shape index (κ1) is 16.5. The van der Waals surface area contributed by atoms with Crippen LogP contribution in [0, 0.1) is 17.0 Å². The quantitative estimate of drug-likeness (QED) is 0.693. The molecule has 1 fully saturated rings. The summed E-state index contributed by atoms with van der Waals surface area (Å²) in [6, 6.07) is 15.8. The summed E-state index contributed by atoms with van der Waals surface area (Å²) in [5, 5.41) is 11.0. The Balaban J connectivity index is 1.67. The van der Waals surface area contributed by atoms with Crippen LogP contribution in [0.4, 0.5) is 11.4 Å². The zero-order valence-electron chi connectivity index (χ0n) is 14.2. The van der Waals surface area contributed by atoms with Crippen molar-refractivity contribution in [1.29, 1.82) is 0 Å². The van der Waals surface area contributed by atoms with Crippen molar-refractivity contribution in [2.24, 2.45) is 0 Å². The minimum Gasteiger partial charge on any atom is -0.360 e. The second-order valence-electron chi connectivity index (χ2n) is 6.51. The lowest BCUT2D eigenvalue weighted by Crippen LogP contribution is -3.14. The van der Waals surface area contributed by atoms with Gasteiger partial charge in [-0.15, -0.1) is 0 Å². The van der Waals surface area contributed by atoms with Crippen molar-refractivity contribution in [3.8, 4) is 0 Å². The number of aryl methyl sites for hydroxylation is 1. The number of quaternary nitrogens is 1. The monoisotopic (exact) mass is 326 g/mol. The second-order valence-corrected chi connectivity index (χ2v) is 6.51. The number of nitrogens with zero attached hydrogens (tertiary/aromatic N) is 2. The molecule has 0 bridgehead atoms. The van der Waals surface area contributed by atoms with Crippen molar-refractivity contribution in [1.82, 2.24) is 0 Å². The molecular formula is C19H24N3O2+. The lowest BCUT2D eigenvalue weighted by molar-refractivity contribution is -0.930. The van der Waals surface area contributed by atoms with Gasteiger partial charge in [0.25, 0.3) is 5.69 Å². The summed E-state index contributed by atoms with van der Waals surface area (Å²) in [4.78, 5) is 14.6. The van der Waals surface area contributed by atoms with Crippen molar-refractivity contribution in [3.05, 3.63) is 69.8 Å². The molecule has 0 saturated carbocycles. The van der Waals surface area contributed by atoms with E-state index in [0.29, 0.717) is 0 Å². The first-order valence-electron chi connectivity index (χ1n) is 8.46. The van der Waals surface area contributed by atoms with Gasteiger partial charge in [-0.1, -0.05) is 30.3 Å². The molecule has 3 rings (SSSR count). The predicted molar refractivity (Wildman–Crippen MR) is 95.6 cm³/mol. The second kappa shape index (κ2) is 7.01. The van der Waals surface area contributed by atoms with Crippen LogP contribution in [0.15, 0.2) is 48.5 Å². The summed E-state index contributed by atoms with van der Waals surface area (Å²) in [7, 11) is 0. The van der Waals surface area contributed by atoms with Gasteiger partial charge in [-0.25, -0.2) is 0 Å². The number of hydrogen-bond donors (Lipinski definition) is 1. The number of rotatable bonds is 4. The number of nitro groups is 1. The molecule has 0 aliphatic carbocycles. The molecule has 126 valence electrons. The fourth-order valence-electron chi connectivity index (χ4n) is 3.53. The van der Waals surface area contributed by atoms with Crippen LogP contribution in [-0.2, 0) is 0 Å². The summed E-state index contributed by atoms with van der Waals surface area (Å²) in [6.07, 6.45) is 0. The summed E-state index contributed by atoms with van der Waals surface area (Å²) in [5.41, 5.74) is 3.85. The summed E-state index contributed by atoms with van der Waals surface area (Å²) in [6.45, 7) is 8.42. The Morgan fingerprint density at radius 2 is 1.83 bits per heavy atom. The van der Waals surface area contributed by atoms with Crippen LogP contribution >= 0.6 is 0 Å². The number of non-ortho nitro benzene ring substituents is 1. The molecule has 1 saturated heterocycles. The van der Waals surface area contributed by atoms with Gasteiger partial charge in [0.05, 0.1) is 31.1 Å². The SMILES string of the molecule is Cc1ccccc1N1CC[NH+]([C@H](C)c2cccc([N+](=O)[O-])c2)CC1. The van der Waals surface area contributed by atoms with E-state index < -0.39 is 0 Å². The van der Waals surface area contributed by atoms with E-state index in [1.807, 2.05) is 6.07 Å². The largest absolute Gasteiger partial charge is 0.360 e. The Hall–Kier alpha value is -2.40. The third kappa shape index (κ3) is 3.41. The van der Waals surface area contributed by atoms with Crippen LogP contribution in [0.2, 0.25) is 0 Å². The Labute approximate surface area is 142 Å². The van der Waals surface area contributed by atoms with Gasteiger partial charge in [0.2, 0.25) is 0 Å². The third-order valence-corrected chi connectivity index (χ3v) is 5.06. The van der Waals surface area contributed by atoms with Crippen molar-refractivity contribution in [2.45, 2.75) is 19.9 Å². The molecule has 5 heteroatoms. The molecule has 0 radical (unpaired) electrons. The minimum absolute atomic E-state index is 0.178. The van der Waals surface area contributed by atoms with E-state index >= 15 is 0 Å². The maximum Gasteiger partial charge on any atom is 0.269 e. The van der Waals surface area contributed by atoms with Crippen molar-refractivity contribution >= 4 is 11.4 Å². The predicted octanol–water partition coefficient (Wildman–Crippen LogP) is 2.37. The van der Waals surface area contributed by atoms with E-state index in [0.717, 1.165) is 31.7 Å². The van der Waals surface area contributed by atoms with Crippen LogP contribution in [0.3, 0.4) is 0 Å². The molecule has 1 N–H and O–H groups in total. The van der Waals surface area contributed by atoms with Crippen LogP contribution in [-0.4, -0.2) is 31.1 Å². The van der Waals surface area contributed by atoms with Gasteiger partial charge >= 0.3 is 0 Å². The molecule has 1 aliphatic heterocycles. The molecule has 2 aromatic rings. The zero-order valence-corrected chi connectivity index (χ0v) is 14.2. The van der Waals surface area contributed by atoms with Gasteiger partial charge in [-0.05, 0) is 25.5 Å². The van der Waals surface area contributed by atoms with Crippen molar-refractivity contribution in [3.63, 3.8) is 0 Å². The standard InChI is InChI=1S/C19H23N3O2/c1-15-6-3-4-9-19(15)21-12-10-20(11-13-21)16(2)17-7-5-8-18(14-17)22(23)24/h3-9,14,16H,10-13H2,1-2H3/p+1/t16-/m1/s1. The van der Waals surface area contributed by atoms with E-state index in [-0.39, 0.29) is 16.7 Å². The van der Waals surface area contributed by atoms with E-state index in [1.165, 1.54) is 16.2 Å². The Kier molecular flexibility index (Phi) is 4.81. The van der Waals surface area contributed by atoms with Crippen LogP contribution < -0.4 is 9.80 Å². The molecular weight excluding hydrogens is 302 g/mol. The Morgan fingerprint density at radius 3 is 2.50 bits per heavy atom. The number of para-hydroxylation sites is 1. The minimum atomic E-state index is -0.318. The molecule has 1 aliphatic rings. The van der Waals surface area contributed by atoms with Crippen LogP contribution in [0.5, 0.6) is 0 Å². The summed E-state index contributed by atoms with van der Waals surface area (Å²) < 4.78 is 0. The lowest BCUT2D eigenvalue weighted by Gasteiger charge is -2.37. The van der Waals surface area contributed by atoms with E-state index in [4.69, 9.17) is 0 Å². The number of hydrogen-bond acceptors (Lipinski definition) is 3. The maximum atomic E-state index is 11.0. The van der Waals surface area contributed by atoms with Gasteiger partial charge < -0.3 is 9.80 Å². The summed E-state index contributed by atoms with van der Waals surface area (Å²) >= 11 is 0. The molecule has 1 atom stereocenters. The van der Waals surface area contributed by atoms with Crippen molar-refractivity contribution in [2.75, 3.05) is 31.1 Å². The highest BCUT2D eigenvalue weighted by atomic mass is 16.6. The van der Waals surface area contributed by atoms with Gasteiger partial charge in [0.15, 0.2) is 0 Å². The highest BCUT2D eigenvalue weighted by Crippen LogP contribution is 2.20. The van der Waals surface area contributed by atoms with Crippen LogP contribution in [0.1, 0.15) is 24.1 Å². The average Bonchev–Trinajstić information content (AvgIpc) is 2.62. The molecule has 1 heterocycles. The first-order chi connectivity index (χ1) is 11.6. The lowest BCUT2D eigenvalue weighted by atomic mass is 10.0. The summed E-state index contributed by atoms with van der Waals surface area (Å²) in [5.74, 6) is 0. The Morgan fingerprint density at radius 1 is 1.12 bits per heavy atom. The van der Waals surface area contributed by atoms with Gasteiger partial charge in [0.1, 0.15) is 6.04 Å². The van der Waals surface area contributed by atoms with E-state index in [9.17, 15) is 10.1 Å². The number of nitro benzene ring substituents is 1. The van der Waals surface area contributed by atoms with Crippen LogP contribution in [0.25, 0.3) is 0 Å². The Bertz CT molecular complexity index is 724. The number of benzene rings is 2. The zero-order chi connectivity index (χ0) is 17.1. The number of piperazine rings is 1. The van der Waals surface area contributed by atoms with Gasteiger partial charge in [-0.3, -0.25) is 10.1 Å². The van der Waals surface area contributed by atoms with Gasteiger partial charge in [-0.2, -0.15) is 0 Å². The number of anilines is 1.